The largest absolute Gasteiger partial charge is 0.461 e. The summed E-state index contributed by atoms with van der Waals surface area (Å²) in [5, 5.41) is 7.54. The summed E-state index contributed by atoms with van der Waals surface area (Å²) >= 11 is 0. The second kappa shape index (κ2) is 14.9. The van der Waals surface area contributed by atoms with E-state index in [4.69, 9.17) is 9.47 Å². The second-order valence-electron chi connectivity index (χ2n) is 13.8. The number of anilines is 2. The van der Waals surface area contributed by atoms with Crippen LogP contribution in [-0.4, -0.2) is 94.7 Å². The molecule has 2 fully saturated rings. The van der Waals surface area contributed by atoms with Crippen molar-refractivity contribution in [3.8, 4) is 11.3 Å². The number of esters is 1. The van der Waals surface area contributed by atoms with E-state index in [0.29, 0.717) is 36.2 Å². The lowest BCUT2D eigenvalue weighted by Crippen LogP contribution is -2.56. The van der Waals surface area contributed by atoms with Gasteiger partial charge in [0.1, 0.15) is 29.6 Å². The molecule has 52 heavy (non-hydrogen) atoms. The van der Waals surface area contributed by atoms with Gasteiger partial charge in [0.2, 0.25) is 0 Å². The number of aromatic nitrogens is 3. The Balaban J connectivity index is 1.19. The van der Waals surface area contributed by atoms with Crippen molar-refractivity contribution in [1.82, 2.24) is 24.1 Å². The number of aliphatic imine (C=N–C) groups is 1. The minimum atomic E-state index is -0.606. The molecule has 1 aliphatic carbocycles. The Labute approximate surface area is 302 Å². The van der Waals surface area contributed by atoms with Crippen molar-refractivity contribution in [2.45, 2.75) is 58.7 Å². The van der Waals surface area contributed by atoms with E-state index in [1.165, 1.54) is 43.4 Å². The maximum Gasteiger partial charge on any atom is 0.302 e. The Kier molecular flexibility index (Phi) is 10.1. The molecule has 1 amide bonds. The molecule has 274 valence electrons. The molecule has 0 unspecified atom stereocenters. The standard InChI is InChI=1S/C38H45FN8O5/c1-24(44-11-13-45(14-12-44)28-21-51-22-28)9-10-36(40-3)41-32-20-31(42-43(4)37(32)49)29-18-27(39)19-34(30(29)23-52-25(2)48)47-16-15-46-33-8-6-5-7-26(33)17-35(46)38(47)50/h9-10,17-20,28,41H,3,5-8,11-16,21-23H2,1-2,4H3/b24-9+,36-10+. The molecule has 0 atom stereocenters. The van der Waals surface area contributed by atoms with E-state index < -0.39 is 17.3 Å². The molecule has 0 bridgehead atoms. The van der Waals surface area contributed by atoms with Gasteiger partial charge in [0.25, 0.3) is 11.5 Å². The molecule has 14 heteroatoms. The summed E-state index contributed by atoms with van der Waals surface area (Å²) < 4.78 is 29.6. The smallest absolute Gasteiger partial charge is 0.302 e. The zero-order valence-electron chi connectivity index (χ0n) is 30.0. The van der Waals surface area contributed by atoms with Crippen molar-refractivity contribution in [2.75, 3.05) is 56.2 Å². The number of rotatable bonds is 10. The lowest BCUT2D eigenvalue weighted by molar-refractivity contribution is -0.142. The highest BCUT2D eigenvalue weighted by Crippen LogP contribution is 2.36. The molecule has 5 heterocycles. The molecule has 1 N–H and O–H groups in total. The molecule has 2 aromatic heterocycles. The Hall–Kier alpha value is -5.08. The molecular weight excluding hydrogens is 667 g/mol. The third kappa shape index (κ3) is 7.04. The first kappa shape index (κ1) is 35.3. The quantitative estimate of drug-likeness (QED) is 0.190. The number of aryl methyl sites for hydroxylation is 2. The molecule has 13 nitrogen and oxygen atoms in total. The van der Waals surface area contributed by atoms with Gasteiger partial charge in [-0.2, -0.15) is 5.10 Å². The molecule has 0 spiro atoms. The monoisotopic (exact) mass is 712 g/mol. The number of halogens is 1. The first-order chi connectivity index (χ1) is 25.1. The van der Waals surface area contributed by atoms with Crippen LogP contribution in [0.4, 0.5) is 15.8 Å². The van der Waals surface area contributed by atoms with E-state index in [1.54, 1.807) is 11.0 Å². The van der Waals surface area contributed by atoms with Gasteiger partial charge in [-0.05, 0) is 81.3 Å². The summed E-state index contributed by atoms with van der Waals surface area (Å²) in [4.78, 5) is 49.8. The van der Waals surface area contributed by atoms with Crippen LogP contribution in [0.1, 0.15) is 54.0 Å². The molecule has 1 aromatic carbocycles. The summed E-state index contributed by atoms with van der Waals surface area (Å²) in [6.07, 6.45) is 7.73. The molecular formula is C38H45FN8O5. The number of benzene rings is 1. The average Bonchev–Trinajstić information content (AvgIpc) is 3.50. The van der Waals surface area contributed by atoms with Gasteiger partial charge < -0.3 is 29.2 Å². The van der Waals surface area contributed by atoms with Gasteiger partial charge >= 0.3 is 5.97 Å². The predicted molar refractivity (Wildman–Crippen MR) is 196 cm³/mol. The van der Waals surface area contributed by atoms with Crippen LogP contribution in [0.2, 0.25) is 0 Å². The van der Waals surface area contributed by atoms with Gasteiger partial charge in [-0.15, -0.1) is 0 Å². The number of nitrogens with zero attached hydrogens (tertiary/aromatic N) is 7. The summed E-state index contributed by atoms with van der Waals surface area (Å²) in [7, 11) is 1.50. The second-order valence-corrected chi connectivity index (χ2v) is 13.8. The molecule has 4 aliphatic rings. The van der Waals surface area contributed by atoms with Gasteiger partial charge in [0.05, 0.1) is 30.6 Å². The van der Waals surface area contributed by atoms with E-state index in [-0.39, 0.29) is 35.1 Å². The number of carbonyl (C=O) groups is 2. The van der Waals surface area contributed by atoms with Crippen molar-refractivity contribution in [1.29, 1.82) is 0 Å². The summed E-state index contributed by atoms with van der Waals surface area (Å²) in [6.45, 7) is 13.0. The van der Waals surface area contributed by atoms with Gasteiger partial charge in [-0.1, -0.05) is 0 Å². The number of ether oxygens (including phenoxy) is 2. The number of piperazine rings is 1. The van der Waals surface area contributed by atoms with E-state index in [9.17, 15) is 14.4 Å². The van der Waals surface area contributed by atoms with Gasteiger partial charge in [-0.3, -0.25) is 19.3 Å². The van der Waals surface area contributed by atoms with Crippen molar-refractivity contribution in [2.24, 2.45) is 12.0 Å². The van der Waals surface area contributed by atoms with Crippen LogP contribution in [0, 0.1) is 5.82 Å². The maximum absolute atomic E-state index is 15.6. The van der Waals surface area contributed by atoms with E-state index >= 15 is 4.39 Å². The Bertz CT molecular complexity index is 2020. The fourth-order valence-electron chi connectivity index (χ4n) is 7.56. The number of hydrogen-bond donors (Lipinski definition) is 1. The summed E-state index contributed by atoms with van der Waals surface area (Å²) in [6, 6.07) is 6.55. The van der Waals surface area contributed by atoms with E-state index in [2.05, 4.69) is 36.5 Å². The highest BCUT2D eigenvalue weighted by Gasteiger charge is 2.33. The Morgan fingerprint density at radius 1 is 1.06 bits per heavy atom. The molecule has 2 saturated heterocycles. The molecule has 7 rings (SSSR count). The van der Waals surface area contributed by atoms with Crippen molar-refractivity contribution < 1.29 is 23.5 Å². The molecule has 0 saturated carbocycles. The minimum Gasteiger partial charge on any atom is -0.461 e. The van der Waals surface area contributed by atoms with Crippen LogP contribution in [0.25, 0.3) is 11.3 Å². The van der Waals surface area contributed by atoms with Crippen molar-refractivity contribution >= 4 is 30.0 Å². The summed E-state index contributed by atoms with van der Waals surface area (Å²) in [5.41, 5.74) is 4.91. The van der Waals surface area contributed by atoms with Crippen LogP contribution < -0.4 is 15.8 Å². The van der Waals surface area contributed by atoms with Crippen LogP contribution in [0.3, 0.4) is 0 Å². The fourth-order valence-corrected chi connectivity index (χ4v) is 7.56. The Morgan fingerprint density at radius 2 is 1.83 bits per heavy atom. The normalized spacial score (nSPS) is 18.5. The van der Waals surface area contributed by atoms with E-state index in [0.717, 1.165) is 75.5 Å². The molecule has 3 aliphatic heterocycles. The molecule has 3 aromatic rings. The topological polar surface area (TPSA) is 127 Å². The average molecular weight is 713 g/mol. The lowest BCUT2D eigenvalue weighted by Gasteiger charge is -2.43. The first-order valence-corrected chi connectivity index (χ1v) is 17.9. The Morgan fingerprint density at radius 3 is 2.54 bits per heavy atom. The van der Waals surface area contributed by atoms with Crippen LogP contribution in [-0.2, 0) is 47.3 Å². The number of fused-ring (bicyclic) bond motifs is 3. The fraction of sp³-hybridized carbons (Fsp3) is 0.447. The number of hydrogen-bond acceptors (Lipinski definition) is 10. The third-order valence-electron chi connectivity index (χ3n) is 10.5. The zero-order chi connectivity index (χ0) is 36.5. The first-order valence-electron chi connectivity index (χ1n) is 17.9. The van der Waals surface area contributed by atoms with Crippen LogP contribution >= 0.6 is 0 Å². The lowest BCUT2D eigenvalue weighted by atomic mass is 9.98. The molecule has 0 radical (unpaired) electrons. The van der Waals surface area contributed by atoms with Crippen LogP contribution in [0.15, 0.2) is 57.7 Å². The van der Waals surface area contributed by atoms with Gasteiger partial charge in [0, 0.05) is 75.8 Å². The highest BCUT2D eigenvalue weighted by atomic mass is 19.1. The number of amides is 1. The maximum atomic E-state index is 15.6. The van der Waals surface area contributed by atoms with Crippen molar-refractivity contribution in [3.63, 3.8) is 0 Å². The highest BCUT2D eigenvalue weighted by molar-refractivity contribution is 6.07. The number of nitrogens with one attached hydrogen (secondary N) is 1. The number of allylic oxidation sites excluding steroid dienone is 3. The third-order valence-corrected chi connectivity index (χ3v) is 10.5. The van der Waals surface area contributed by atoms with Gasteiger partial charge in [0.15, 0.2) is 0 Å². The number of carbonyl (C=O) groups excluding carboxylic acids is 2. The van der Waals surface area contributed by atoms with Crippen LogP contribution in [0.5, 0.6) is 0 Å². The SMILES string of the molecule is C=N/C(=C\C=C(/C)N1CCN(C2COC2)CC1)Nc1cc(-c2cc(F)cc(N3CCn4c(cc5c4CCCC5)C3=O)c2COC(C)=O)nn(C)c1=O. The summed E-state index contributed by atoms with van der Waals surface area (Å²) in [5.74, 6) is -1.05. The van der Waals surface area contributed by atoms with Gasteiger partial charge in [-0.25, -0.2) is 14.1 Å². The van der Waals surface area contributed by atoms with Crippen molar-refractivity contribution in [3.05, 3.63) is 86.6 Å². The predicted octanol–water partition coefficient (Wildman–Crippen LogP) is 3.86. The minimum absolute atomic E-state index is 0.134. The van der Waals surface area contributed by atoms with E-state index in [1.807, 2.05) is 19.1 Å². The zero-order valence-corrected chi connectivity index (χ0v) is 30.0.